The molecule has 2 aromatic rings. The molecule has 0 aliphatic carbocycles. The minimum Gasteiger partial charge on any atom is -0.461 e. The number of thiazole rings is 1. The summed E-state index contributed by atoms with van der Waals surface area (Å²) in [5.41, 5.74) is 0.294. The van der Waals surface area contributed by atoms with E-state index in [2.05, 4.69) is 50.2 Å². The van der Waals surface area contributed by atoms with E-state index in [1.807, 2.05) is 18.9 Å². The fourth-order valence-electron chi connectivity index (χ4n) is 8.34. The topological polar surface area (TPSA) is 156 Å². The van der Waals surface area contributed by atoms with Gasteiger partial charge < -0.3 is 29.7 Å². The molecule has 1 saturated heterocycles. The molecule has 0 bridgehead atoms. The predicted molar refractivity (Wildman–Crippen MR) is 254 cm³/mol. The summed E-state index contributed by atoms with van der Waals surface area (Å²) in [4.78, 5) is 77.0. The van der Waals surface area contributed by atoms with Crippen molar-refractivity contribution in [2.45, 2.75) is 176 Å². The zero-order chi connectivity index (χ0) is 48.4. The number of aromatic nitrogens is 1. The molecule has 1 aromatic carbocycles. The van der Waals surface area contributed by atoms with E-state index in [9.17, 15) is 28.4 Å². The van der Waals surface area contributed by atoms with Crippen LogP contribution in [0.3, 0.4) is 0 Å². The highest BCUT2D eigenvalue weighted by Gasteiger charge is 2.38. The number of likely N-dealkylation sites (N-methyl/N-ethyl adjacent to an activating group) is 1. The van der Waals surface area contributed by atoms with Gasteiger partial charge >= 0.3 is 12.1 Å². The van der Waals surface area contributed by atoms with Gasteiger partial charge in [-0.3, -0.25) is 24.1 Å². The van der Waals surface area contributed by atoms with Crippen LogP contribution in [0.2, 0.25) is 0 Å². The number of hydrogen-bond donors (Lipinski definition) is 2. The van der Waals surface area contributed by atoms with Crippen LogP contribution >= 0.6 is 11.3 Å². The molecule has 13 nitrogen and oxygen atoms in total. The highest BCUT2D eigenvalue weighted by molar-refractivity contribution is 7.09. The maximum Gasteiger partial charge on any atom is 0.407 e. The van der Waals surface area contributed by atoms with Gasteiger partial charge in [0.1, 0.15) is 34.3 Å². The maximum atomic E-state index is 14.8. The molecule has 1 aliphatic rings. The molecule has 2 N–H and O–H groups in total. The minimum atomic E-state index is -0.672. The van der Waals surface area contributed by atoms with E-state index >= 15 is 0 Å². The first-order chi connectivity index (χ1) is 30.7. The second kappa shape index (κ2) is 27.0. The molecule has 1 fully saturated rings. The van der Waals surface area contributed by atoms with E-state index in [0.29, 0.717) is 31.0 Å². The molecular formula is C50H80FN5O8S. The van der Waals surface area contributed by atoms with Crippen molar-refractivity contribution in [3.8, 4) is 0 Å². The lowest BCUT2D eigenvalue weighted by Gasteiger charge is -2.40. The summed E-state index contributed by atoms with van der Waals surface area (Å²) < 4.78 is 31.3. The molecule has 0 spiro atoms. The number of Topliss-reactive ketones (excluding diaryl/α,β-unsaturated/α-hetero) is 1. The minimum absolute atomic E-state index is 0.0115. The fourth-order valence-corrected chi connectivity index (χ4v) is 9.20. The Labute approximate surface area is 392 Å². The number of alkyl carbamates (subject to hydrolysis) is 1. The SMILES string of the molecule is CCCO[C@H](C[C@H](C(C)C)N(CCC)C(=O)[C@@H](CC(=O)[C@H]1CCCCN1C)[C@@H](C)CC)c1nc(C(=O)N[C@@H](Cc2ccc(F)cc2)C[C@H](C)C(=O)OC(C)CNC(=O)OC(C)(C)C)cs1. The lowest BCUT2D eigenvalue weighted by molar-refractivity contribution is -0.152. The third-order valence-electron chi connectivity index (χ3n) is 12.2. The summed E-state index contributed by atoms with van der Waals surface area (Å²) in [6.07, 6.45) is 4.68. The average Bonchev–Trinajstić information content (AvgIpc) is 3.74. The molecule has 0 radical (unpaired) electrons. The number of nitrogens with zero attached hydrogens (tertiary/aromatic N) is 3. The Morgan fingerprint density at radius 2 is 1.68 bits per heavy atom. The number of nitrogens with one attached hydrogen (secondary N) is 2. The molecule has 1 unspecified atom stereocenters. The highest BCUT2D eigenvalue weighted by atomic mass is 32.1. The number of ketones is 1. The van der Waals surface area contributed by atoms with Crippen LogP contribution in [-0.2, 0) is 35.0 Å². The fraction of sp³-hybridized carbons (Fsp3) is 0.720. The number of rotatable bonds is 26. The lowest BCUT2D eigenvalue weighted by atomic mass is 9.82. The van der Waals surface area contributed by atoms with Gasteiger partial charge in [0.15, 0.2) is 5.78 Å². The third kappa shape index (κ3) is 18.3. The molecule has 65 heavy (non-hydrogen) atoms. The van der Waals surface area contributed by atoms with Crippen molar-refractivity contribution in [1.29, 1.82) is 0 Å². The van der Waals surface area contributed by atoms with Crippen molar-refractivity contribution in [3.63, 3.8) is 0 Å². The van der Waals surface area contributed by atoms with Crippen molar-refractivity contribution < 1.29 is 42.6 Å². The van der Waals surface area contributed by atoms with E-state index in [0.717, 1.165) is 50.6 Å². The summed E-state index contributed by atoms with van der Waals surface area (Å²) in [6.45, 7) is 23.1. The van der Waals surface area contributed by atoms with Crippen LogP contribution in [0.15, 0.2) is 29.6 Å². The lowest BCUT2D eigenvalue weighted by Crippen LogP contribution is -2.50. The van der Waals surface area contributed by atoms with Crippen molar-refractivity contribution in [2.75, 3.05) is 33.3 Å². The molecule has 15 heteroatoms. The van der Waals surface area contributed by atoms with Gasteiger partial charge in [-0.2, -0.15) is 0 Å². The van der Waals surface area contributed by atoms with Crippen LogP contribution in [0.1, 0.15) is 161 Å². The zero-order valence-electron chi connectivity index (χ0n) is 41.4. The number of piperidine rings is 1. The number of benzene rings is 1. The van der Waals surface area contributed by atoms with Gasteiger partial charge in [-0.15, -0.1) is 11.3 Å². The largest absolute Gasteiger partial charge is 0.461 e. The number of likely N-dealkylation sites (tertiary alicyclic amines) is 1. The molecule has 2 heterocycles. The zero-order valence-corrected chi connectivity index (χ0v) is 42.2. The van der Waals surface area contributed by atoms with Gasteiger partial charge in [0.25, 0.3) is 5.91 Å². The van der Waals surface area contributed by atoms with Gasteiger partial charge in [-0.25, -0.2) is 14.2 Å². The average molecular weight is 930 g/mol. The summed E-state index contributed by atoms with van der Waals surface area (Å²) in [7, 11) is 2.01. The van der Waals surface area contributed by atoms with Crippen LogP contribution in [0.25, 0.3) is 0 Å². The number of amides is 3. The van der Waals surface area contributed by atoms with E-state index in [4.69, 9.17) is 19.2 Å². The predicted octanol–water partition coefficient (Wildman–Crippen LogP) is 9.33. The molecular weight excluding hydrogens is 850 g/mol. The van der Waals surface area contributed by atoms with E-state index < -0.39 is 53.7 Å². The van der Waals surface area contributed by atoms with Crippen LogP contribution in [0.4, 0.5) is 9.18 Å². The number of esters is 1. The first-order valence-electron chi connectivity index (χ1n) is 24.0. The van der Waals surface area contributed by atoms with Crippen LogP contribution < -0.4 is 10.6 Å². The molecule has 8 atom stereocenters. The Morgan fingerprint density at radius 1 is 0.985 bits per heavy atom. The van der Waals surface area contributed by atoms with Crippen molar-refractivity contribution >= 4 is 41.0 Å². The molecule has 1 aromatic heterocycles. The Balaban J connectivity index is 1.83. The summed E-state index contributed by atoms with van der Waals surface area (Å²) in [5, 5.41) is 8.01. The van der Waals surface area contributed by atoms with Gasteiger partial charge in [-0.05, 0) is 109 Å². The van der Waals surface area contributed by atoms with Crippen molar-refractivity contribution in [1.82, 2.24) is 25.4 Å². The maximum absolute atomic E-state index is 14.8. The standard InChI is InChI=1S/C50H80FN5O8S/c1-13-23-56(47(59)39(33(6)15-3)28-43(57)41-18-16-17-24-55(41)12)42(32(4)5)29-44(62-25-14-2)46-54-40(31-65-46)45(58)53-38(27-36-19-21-37(51)22-20-36)26-34(7)48(60)63-35(8)30-52-49(61)64-50(9,10)11/h19-22,31-35,38-39,41-42,44H,13-18,23-30H2,1-12H3,(H,52,61)(H,53,58)/t33-,34-,35?,38+,39-,41+,42+,44+/m0/s1. The van der Waals surface area contributed by atoms with Gasteiger partial charge in [0, 0.05) is 49.4 Å². The van der Waals surface area contributed by atoms with E-state index in [1.54, 1.807) is 52.1 Å². The summed E-state index contributed by atoms with van der Waals surface area (Å²) in [6, 6.07) is 5.08. The summed E-state index contributed by atoms with van der Waals surface area (Å²) in [5.74, 6) is -2.15. The van der Waals surface area contributed by atoms with Crippen molar-refractivity contribution in [3.05, 3.63) is 51.7 Å². The van der Waals surface area contributed by atoms with Gasteiger partial charge in [0.05, 0.1) is 18.5 Å². The normalized spacial score (nSPS) is 17.8. The molecule has 366 valence electrons. The first-order valence-corrected chi connectivity index (χ1v) is 24.9. The third-order valence-corrected chi connectivity index (χ3v) is 13.1. The molecule has 0 saturated carbocycles. The Hall–Kier alpha value is -3.95. The quantitative estimate of drug-likeness (QED) is 0.0872. The van der Waals surface area contributed by atoms with Gasteiger partial charge in [-0.1, -0.05) is 73.4 Å². The number of hydrogen-bond acceptors (Lipinski definition) is 11. The molecule has 3 rings (SSSR count). The molecule has 1 aliphatic heterocycles. The monoisotopic (exact) mass is 930 g/mol. The Bertz CT molecular complexity index is 1800. The van der Waals surface area contributed by atoms with E-state index in [1.165, 1.54) is 23.5 Å². The first kappa shape index (κ1) is 55.4. The highest BCUT2D eigenvalue weighted by Crippen LogP contribution is 2.34. The van der Waals surface area contributed by atoms with Gasteiger partial charge in [0.2, 0.25) is 5.91 Å². The Morgan fingerprint density at radius 3 is 2.28 bits per heavy atom. The van der Waals surface area contributed by atoms with Crippen molar-refractivity contribution in [2.24, 2.45) is 23.7 Å². The van der Waals surface area contributed by atoms with Crippen LogP contribution in [0.5, 0.6) is 0 Å². The smallest absolute Gasteiger partial charge is 0.407 e. The Kier molecular flexibility index (Phi) is 23.0. The number of carbonyl (C=O) groups excluding carboxylic acids is 5. The van der Waals surface area contributed by atoms with E-state index in [-0.39, 0.29) is 66.5 Å². The van der Waals surface area contributed by atoms with Crippen LogP contribution in [-0.4, -0.2) is 108 Å². The number of carbonyl (C=O) groups is 5. The number of ether oxygens (including phenoxy) is 3. The number of halogens is 1. The molecule has 3 amide bonds. The second-order valence-corrected chi connectivity index (χ2v) is 20.3. The van der Waals surface area contributed by atoms with Crippen LogP contribution in [0, 0.1) is 29.5 Å². The summed E-state index contributed by atoms with van der Waals surface area (Å²) >= 11 is 1.33. The second-order valence-electron chi connectivity index (χ2n) is 19.4.